The number of anilines is 1. The van der Waals surface area contributed by atoms with E-state index in [0.29, 0.717) is 0 Å². The maximum atomic E-state index is 13.0. The van der Waals surface area contributed by atoms with Crippen LogP contribution in [0.1, 0.15) is 29.6 Å². The molecular weight excluding hydrogens is 251 g/mol. The fraction of sp³-hybridized carbons (Fsp3) is 0.385. The molecule has 6 heteroatoms. The van der Waals surface area contributed by atoms with Gasteiger partial charge in [-0.05, 0) is 37.6 Å². The number of aromatic carboxylic acids is 1. The van der Waals surface area contributed by atoms with Crippen molar-refractivity contribution in [3.05, 3.63) is 29.6 Å². The van der Waals surface area contributed by atoms with Crippen molar-refractivity contribution in [2.24, 2.45) is 0 Å². The molecule has 1 aromatic rings. The third-order valence-corrected chi connectivity index (χ3v) is 3.08. The van der Waals surface area contributed by atoms with Gasteiger partial charge >= 0.3 is 5.97 Å². The van der Waals surface area contributed by atoms with Crippen LogP contribution in [0.4, 0.5) is 10.1 Å². The largest absolute Gasteiger partial charge is 0.478 e. The summed E-state index contributed by atoms with van der Waals surface area (Å²) in [7, 11) is 0. The van der Waals surface area contributed by atoms with Crippen molar-refractivity contribution in [2.75, 3.05) is 11.9 Å². The highest BCUT2D eigenvalue weighted by Gasteiger charge is 2.19. The molecule has 0 saturated carbocycles. The van der Waals surface area contributed by atoms with Gasteiger partial charge in [-0.3, -0.25) is 4.79 Å². The summed E-state index contributed by atoms with van der Waals surface area (Å²) >= 11 is 0. The highest BCUT2D eigenvalue weighted by molar-refractivity contribution is 6.00. The van der Waals surface area contributed by atoms with Gasteiger partial charge in [-0.25, -0.2) is 9.18 Å². The predicted molar refractivity (Wildman–Crippen MR) is 67.6 cm³/mol. The second kappa shape index (κ2) is 5.79. The molecule has 1 aromatic carbocycles. The van der Waals surface area contributed by atoms with Crippen molar-refractivity contribution in [1.82, 2.24) is 5.32 Å². The van der Waals surface area contributed by atoms with E-state index in [1.54, 1.807) is 0 Å². The summed E-state index contributed by atoms with van der Waals surface area (Å²) in [4.78, 5) is 22.8. The lowest BCUT2D eigenvalue weighted by Crippen LogP contribution is -2.27. The monoisotopic (exact) mass is 266 g/mol. The van der Waals surface area contributed by atoms with Crippen LogP contribution in [0, 0.1) is 5.82 Å². The summed E-state index contributed by atoms with van der Waals surface area (Å²) in [6.07, 6.45) is 2.26. The average Bonchev–Trinajstić information content (AvgIpc) is 2.83. The van der Waals surface area contributed by atoms with Gasteiger partial charge in [0.05, 0.1) is 11.3 Å². The Kier molecular flexibility index (Phi) is 4.11. The van der Waals surface area contributed by atoms with E-state index in [9.17, 15) is 14.0 Å². The van der Waals surface area contributed by atoms with E-state index >= 15 is 0 Å². The Bertz CT molecular complexity index is 499. The van der Waals surface area contributed by atoms with Gasteiger partial charge in [0.2, 0.25) is 5.91 Å². The normalized spacial score (nSPS) is 18.3. The minimum absolute atomic E-state index is 0.122. The molecule has 19 heavy (non-hydrogen) atoms. The number of carbonyl (C=O) groups excluding carboxylic acids is 1. The lowest BCUT2D eigenvalue weighted by Gasteiger charge is -2.12. The molecule has 0 bridgehead atoms. The molecule has 1 aliphatic heterocycles. The van der Waals surface area contributed by atoms with E-state index in [4.69, 9.17) is 5.11 Å². The van der Waals surface area contributed by atoms with Gasteiger partial charge in [0.25, 0.3) is 0 Å². The highest BCUT2D eigenvalue weighted by Crippen LogP contribution is 2.18. The summed E-state index contributed by atoms with van der Waals surface area (Å²) in [6.45, 7) is 0.898. The fourth-order valence-electron chi connectivity index (χ4n) is 2.16. The summed E-state index contributed by atoms with van der Waals surface area (Å²) in [6, 6.07) is 3.41. The third kappa shape index (κ3) is 3.51. The number of nitrogens with one attached hydrogen (secondary N) is 2. The van der Waals surface area contributed by atoms with Gasteiger partial charge in [-0.15, -0.1) is 0 Å². The molecule has 0 radical (unpaired) electrons. The molecule has 5 nitrogen and oxygen atoms in total. The summed E-state index contributed by atoms with van der Waals surface area (Å²) in [5.41, 5.74) is -0.121. The van der Waals surface area contributed by atoms with Gasteiger partial charge in [-0.2, -0.15) is 0 Å². The third-order valence-electron chi connectivity index (χ3n) is 3.08. The Balaban J connectivity index is 2.05. The molecule has 1 saturated heterocycles. The molecule has 1 unspecified atom stereocenters. The van der Waals surface area contributed by atoms with E-state index in [1.807, 2.05) is 0 Å². The van der Waals surface area contributed by atoms with Gasteiger partial charge in [-0.1, -0.05) is 0 Å². The molecule has 1 aliphatic rings. The van der Waals surface area contributed by atoms with Crippen molar-refractivity contribution in [1.29, 1.82) is 0 Å². The highest BCUT2D eigenvalue weighted by atomic mass is 19.1. The van der Waals surface area contributed by atoms with Crippen molar-refractivity contribution in [2.45, 2.75) is 25.3 Å². The molecule has 2 rings (SSSR count). The number of benzene rings is 1. The first-order chi connectivity index (χ1) is 9.06. The average molecular weight is 266 g/mol. The van der Waals surface area contributed by atoms with Crippen molar-refractivity contribution >= 4 is 17.6 Å². The first kappa shape index (κ1) is 13.5. The van der Waals surface area contributed by atoms with E-state index in [2.05, 4.69) is 10.6 Å². The van der Waals surface area contributed by atoms with Crippen LogP contribution < -0.4 is 10.6 Å². The fourth-order valence-corrected chi connectivity index (χ4v) is 2.16. The van der Waals surface area contributed by atoms with E-state index < -0.39 is 11.8 Å². The molecule has 0 aromatic heterocycles. The number of rotatable bonds is 4. The van der Waals surface area contributed by atoms with E-state index in [-0.39, 0.29) is 29.6 Å². The number of amides is 1. The standard InChI is InChI=1S/C13H15FN2O3/c14-8-3-4-11(10(6-8)13(18)19)16-12(17)7-9-2-1-5-15-9/h3-4,6,9,15H,1-2,5,7H2,(H,16,17)(H,18,19). The molecule has 1 atom stereocenters. The summed E-state index contributed by atoms with van der Waals surface area (Å²) < 4.78 is 13.0. The quantitative estimate of drug-likeness (QED) is 0.773. The molecule has 0 aliphatic carbocycles. The topological polar surface area (TPSA) is 78.4 Å². The second-order valence-electron chi connectivity index (χ2n) is 4.54. The first-order valence-corrected chi connectivity index (χ1v) is 6.12. The van der Waals surface area contributed by atoms with Crippen molar-refractivity contribution < 1.29 is 19.1 Å². The van der Waals surface area contributed by atoms with Crippen LogP contribution in [0.15, 0.2) is 18.2 Å². The molecule has 102 valence electrons. The Morgan fingerprint density at radius 2 is 2.26 bits per heavy atom. The zero-order chi connectivity index (χ0) is 13.8. The van der Waals surface area contributed by atoms with Crippen molar-refractivity contribution in [3.8, 4) is 0 Å². The number of hydrogen-bond donors (Lipinski definition) is 3. The molecule has 1 amide bonds. The smallest absolute Gasteiger partial charge is 0.337 e. The summed E-state index contributed by atoms with van der Waals surface area (Å²) in [5.74, 6) is -2.19. The van der Waals surface area contributed by atoms with Gasteiger partial charge in [0.15, 0.2) is 0 Å². The first-order valence-electron chi connectivity index (χ1n) is 6.12. The SMILES string of the molecule is O=C(CC1CCCN1)Nc1ccc(F)cc1C(=O)O. The van der Waals surface area contributed by atoms with Crippen LogP contribution in [0.25, 0.3) is 0 Å². The molecule has 0 spiro atoms. The van der Waals surface area contributed by atoms with E-state index in [0.717, 1.165) is 31.5 Å². The Morgan fingerprint density at radius 1 is 1.47 bits per heavy atom. The number of hydrogen-bond acceptors (Lipinski definition) is 3. The van der Waals surface area contributed by atoms with Crippen LogP contribution in [0.5, 0.6) is 0 Å². The zero-order valence-corrected chi connectivity index (χ0v) is 10.3. The number of carboxylic acid groups (broad SMARTS) is 1. The lowest BCUT2D eigenvalue weighted by molar-refractivity contribution is -0.116. The molecular formula is C13H15FN2O3. The lowest BCUT2D eigenvalue weighted by atomic mass is 10.1. The zero-order valence-electron chi connectivity index (χ0n) is 10.3. The molecule has 1 heterocycles. The van der Waals surface area contributed by atoms with Crippen LogP contribution in [-0.4, -0.2) is 29.6 Å². The van der Waals surface area contributed by atoms with Crippen LogP contribution in [-0.2, 0) is 4.79 Å². The van der Waals surface area contributed by atoms with E-state index in [1.165, 1.54) is 6.07 Å². The number of carboxylic acids is 1. The van der Waals surface area contributed by atoms with Crippen LogP contribution in [0.2, 0.25) is 0 Å². The number of halogens is 1. The Hall–Kier alpha value is -1.95. The summed E-state index contributed by atoms with van der Waals surface area (Å²) in [5, 5.41) is 14.7. The Morgan fingerprint density at radius 3 is 2.89 bits per heavy atom. The van der Waals surface area contributed by atoms with Crippen molar-refractivity contribution in [3.63, 3.8) is 0 Å². The number of carbonyl (C=O) groups is 2. The minimum Gasteiger partial charge on any atom is -0.478 e. The maximum absolute atomic E-state index is 13.0. The predicted octanol–water partition coefficient (Wildman–Crippen LogP) is 1.60. The van der Waals surface area contributed by atoms with Gasteiger partial charge in [0.1, 0.15) is 5.82 Å². The molecule has 1 fully saturated rings. The van der Waals surface area contributed by atoms with Crippen LogP contribution >= 0.6 is 0 Å². The van der Waals surface area contributed by atoms with Gasteiger partial charge in [0, 0.05) is 12.5 Å². The maximum Gasteiger partial charge on any atom is 0.337 e. The minimum atomic E-state index is -1.27. The van der Waals surface area contributed by atoms with Crippen LogP contribution in [0.3, 0.4) is 0 Å². The van der Waals surface area contributed by atoms with Gasteiger partial charge < -0.3 is 15.7 Å². The molecule has 3 N–H and O–H groups in total. The second-order valence-corrected chi connectivity index (χ2v) is 4.54. The Labute approximate surface area is 109 Å².